The topological polar surface area (TPSA) is 99.9 Å². The molecule has 34 heavy (non-hydrogen) atoms. The molecule has 174 valence electrons. The minimum absolute atomic E-state index is 0.0298. The van der Waals surface area contributed by atoms with Crippen LogP contribution in [0.2, 0.25) is 0 Å². The Morgan fingerprint density at radius 1 is 1.09 bits per heavy atom. The van der Waals surface area contributed by atoms with E-state index >= 15 is 0 Å². The lowest BCUT2D eigenvalue weighted by atomic mass is 10.1. The van der Waals surface area contributed by atoms with Gasteiger partial charge in [-0.2, -0.15) is 22.7 Å². The van der Waals surface area contributed by atoms with Crippen LogP contribution in [-0.4, -0.2) is 39.4 Å². The summed E-state index contributed by atoms with van der Waals surface area (Å²) in [7, 11) is 1.48. The number of halogens is 3. The van der Waals surface area contributed by atoms with Crippen molar-refractivity contribution in [1.82, 2.24) is 24.9 Å². The highest BCUT2D eigenvalue weighted by Crippen LogP contribution is 2.33. The van der Waals surface area contributed by atoms with Crippen LogP contribution < -0.4 is 19.5 Å². The molecular weight excluding hydrogens is 455 g/mol. The normalized spacial score (nSPS) is 12.7. The molecule has 2 aromatic carbocycles. The minimum Gasteiger partial charge on any atom is -0.497 e. The third-order valence-electron chi connectivity index (χ3n) is 5.08. The van der Waals surface area contributed by atoms with E-state index in [-0.39, 0.29) is 24.8 Å². The van der Waals surface area contributed by atoms with Gasteiger partial charge in [-0.1, -0.05) is 6.07 Å². The molecule has 0 bridgehead atoms. The molecule has 5 rings (SSSR count). The highest BCUT2D eigenvalue weighted by Gasteiger charge is 2.36. The van der Waals surface area contributed by atoms with Gasteiger partial charge in [0, 0.05) is 12.1 Å². The monoisotopic (exact) mass is 471 g/mol. The van der Waals surface area contributed by atoms with Crippen LogP contribution >= 0.6 is 0 Å². The molecule has 3 heterocycles. The number of nitrogens with one attached hydrogen (secondary N) is 1. The van der Waals surface area contributed by atoms with Crippen molar-refractivity contribution in [2.45, 2.75) is 12.7 Å². The van der Waals surface area contributed by atoms with Crippen molar-refractivity contribution in [1.29, 1.82) is 0 Å². The Morgan fingerprint density at radius 3 is 2.59 bits per heavy atom. The lowest BCUT2D eigenvalue weighted by Crippen LogP contribution is -2.24. The molecule has 12 heteroatoms. The van der Waals surface area contributed by atoms with E-state index in [4.69, 9.17) is 14.2 Å². The Kier molecular flexibility index (Phi) is 5.19. The van der Waals surface area contributed by atoms with Crippen molar-refractivity contribution < 1.29 is 32.2 Å². The van der Waals surface area contributed by atoms with Crippen LogP contribution in [0.1, 0.15) is 21.9 Å². The summed E-state index contributed by atoms with van der Waals surface area (Å²) >= 11 is 0. The molecule has 0 saturated carbocycles. The fourth-order valence-corrected chi connectivity index (χ4v) is 3.39. The molecule has 2 aromatic heterocycles. The van der Waals surface area contributed by atoms with Crippen LogP contribution in [0.3, 0.4) is 0 Å². The SMILES string of the molecule is COc1ccc(-c2cc(C(F)(F)F)n3nc(C(=O)NCc4ccc5c(c4)OCO5)nc3n2)cc1. The first kappa shape index (κ1) is 21.5. The van der Waals surface area contributed by atoms with Gasteiger partial charge in [-0.25, -0.2) is 4.98 Å². The summed E-state index contributed by atoms with van der Waals surface area (Å²) in [6.07, 6.45) is -4.75. The number of nitrogens with zero attached hydrogens (tertiary/aromatic N) is 4. The zero-order chi connectivity index (χ0) is 23.9. The fourth-order valence-electron chi connectivity index (χ4n) is 3.39. The van der Waals surface area contributed by atoms with E-state index in [0.717, 1.165) is 6.07 Å². The Hall–Kier alpha value is -4.35. The molecule has 1 aliphatic rings. The average Bonchev–Trinajstić information content (AvgIpc) is 3.47. The predicted molar refractivity (Wildman–Crippen MR) is 112 cm³/mol. The second-order valence-corrected chi connectivity index (χ2v) is 7.27. The van der Waals surface area contributed by atoms with Crippen LogP contribution in [0, 0.1) is 0 Å². The highest BCUT2D eigenvalue weighted by molar-refractivity contribution is 5.90. The van der Waals surface area contributed by atoms with Crippen molar-refractivity contribution in [3.05, 3.63) is 65.6 Å². The van der Waals surface area contributed by atoms with Gasteiger partial charge in [-0.15, -0.1) is 5.10 Å². The van der Waals surface area contributed by atoms with Crippen LogP contribution in [0.15, 0.2) is 48.5 Å². The lowest BCUT2D eigenvalue weighted by Gasteiger charge is -2.10. The molecule has 0 unspecified atom stereocenters. The number of hydrogen-bond donors (Lipinski definition) is 1. The Balaban J connectivity index is 1.44. The maximum atomic E-state index is 13.8. The van der Waals surface area contributed by atoms with Gasteiger partial charge in [0.25, 0.3) is 11.7 Å². The van der Waals surface area contributed by atoms with Gasteiger partial charge in [-0.05, 0) is 48.0 Å². The van der Waals surface area contributed by atoms with Crippen molar-refractivity contribution in [3.8, 4) is 28.5 Å². The molecule has 0 aliphatic carbocycles. The number of alkyl halides is 3. The van der Waals surface area contributed by atoms with Gasteiger partial charge in [0.1, 0.15) is 5.75 Å². The summed E-state index contributed by atoms with van der Waals surface area (Å²) in [6, 6.07) is 12.4. The van der Waals surface area contributed by atoms with E-state index in [1.165, 1.54) is 7.11 Å². The number of benzene rings is 2. The number of rotatable bonds is 5. The van der Waals surface area contributed by atoms with Crippen molar-refractivity contribution in [2.75, 3.05) is 13.9 Å². The number of hydrogen-bond acceptors (Lipinski definition) is 7. The Bertz CT molecular complexity index is 1390. The highest BCUT2D eigenvalue weighted by atomic mass is 19.4. The average molecular weight is 471 g/mol. The van der Waals surface area contributed by atoms with Gasteiger partial charge in [0.15, 0.2) is 17.2 Å². The summed E-state index contributed by atoms with van der Waals surface area (Å²) in [6.45, 7) is 0.199. The van der Waals surface area contributed by atoms with E-state index in [1.807, 2.05) is 0 Å². The second kappa shape index (κ2) is 8.21. The molecule has 0 fully saturated rings. The van der Waals surface area contributed by atoms with Crippen molar-refractivity contribution in [3.63, 3.8) is 0 Å². The number of methoxy groups -OCH3 is 1. The van der Waals surface area contributed by atoms with Gasteiger partial charge >= 0.3 is 6.18 Å². The summed E-state index contributed by atoms with van der Waals surface area (Å²) in [5.74, 6) is 0.143. The molecule has 0 atom stereocenters. The molecule has 1 N–H and O–H groups in total. The van der Waals surface area contributed by atoms with Crippen LogP contribution in [0.4, 0.5) is 13.2 Å². The quantitative estimate of drug-likeness (QED) is 0.476. The number of aromatic nitrogens is 4. The molecule has 1 amide bonds. The first-order valence-corrected chi connectivity index (χ1v) is 9.98. The zero-order valence-electron chi connectivity index (χ0n) is 17.6. The van der Waals surface area contributed by atoms with Crippen molar-refractivity contribution >= 4 is 11.7 Å². The Morgan fingerprint density at radius 2 is 1.85 bits per heavy atom. The molecule has 0 radical (unpaired) electrons. The number of amides is 1. The van der Waals surface area contributed by atoms with Gasteiger partial charge < -0.3 is 19.5 Å². The number of carbonyl (C=O) groups excluding carboxylic acids is 1. The molecule has 0 saturated heterocycles. The van der Waals surface area contributed by atoms with Crippen LogP contribution in [0.25, 0.3) is 17.0 Å². The van der Waals surface area contributed by atoms with E-state index in [9.17, 15) is 18.0 Å². The smallest absolute Gasteiger partial charge is 0.433 e. The first-order chi connectivity index (χ1) is 16.3. The Labute approximate surface area is 190 Å². The van der Waals surface area contributed by atoms with Crippen molar-refractivity contribution in [2.24, 2.45) is 0 Å². The summed E-state index contributed by atoms with van der Waals surface area (Å²) < 4.78 is 57.4. The molecule has 4 aromatic rings. The first-order valence-electron chi connectivity index (χ1n) is 9.98. The molecule has 0 spiro atoms. The summed E-state index contributed by atoms with van der Waals surface area (Å²) in [5.41, 5.74) is 0.0516. The molecular formula is C22H16F3N5O4. The minimum atomic E-state index is -4.75. The number of fused-ring (bicyclic) bond motifs is 2. The maximum absolute atomic E-state index is 13.8. The van der Waals surface area contributed by atoms with E-state index in [1.54, 1.807) is 42.5 Å². The van der Waals surface area contributed by atoms with Gasteiger partial charge in [0.05, 0.1) is 12.8 Å². The summed E-state index contributed by atoms with van der Waals surface area (Å²) in [5, 5.41) is 6.35. The molecule has 9 nitrogen and oxygen atoms in total. The fraction of sp³-hybridized carbons (Fsp3) is 0.182. The lowest BCUT2D eigenvalue weighted by molar-refractivity contribution is -0.142. The number of ether oxygens (including phenoxy) is 3. The van der Waals surface area contributed by atoms with Gasteiger partial charge in [-0.3, -0.25) is 4.79 Å². The maximum Gasteiger partial charge on any atom is 0.433 e. The zero-order valence-corrected chi connectivity index (χ0v) is 17.6. The summed E-state index contributed by atoms with van der Waals surface area (Å²) in [4.78, 5) is 20.7. The second-order valence-electron chi connectivity index (χ2n) is 7.27. The van der Waals surface area contributed by atoms with E-state index < -0.39 is 23.6 Å². The van der Waals surface area contributed by atoms with Crippen LogP contribution in [-0.2, 0) is 12.7 Å². The number of carbonyl (C=O) groups is 1. The third kappa shape index (κ3) is 4.05. The van der Waals surface area contributed by atoms with E-state index in [2.05, 4.69) is 20.4 Å². The van der Waals surface area contributed by atoms with Crippen LogP contribution in [0.5, 0.6) is 17.2 Å². The molecule has 1 aliphatic heterocycles. The third-order valence-corrected chi connectivity index (χ3v) is 5.08. The largest absolute Gasteiger partial charge is 0.497 e. The predicted octanol–water partition coefficient (Wildman–Crippen LogP) is 3.48. The van der Waals surface area contributed by atoms with Gasteiger partial charge in [0.2, 0.25) is 12.6 Å². The van der Waals surface area contributed by atoms with E-state index in [0.29, 0.717) is 32.9 Å². The standard InChI is InChI=1S/C22H16F3N5O4/c1-32-14-5-3-13(4-6-14)15-9-18(22(23,24)25)30-21(27-15)28-19(29-30)20(31)26-10-12-2-7-16-17(8-12)34-11-33-16/h2-9H,10-11H2,1H3,(H,26,31).